The van der Waals surface area contributed by atoms with Gasteiger partial charge in [-0.15, -0.1) is 0 Å². The monoisotopic (exact) mass is 279 g/mol. The molecule has 2 aromatic rings. The van der Waals surface area contributed by atoms with E-state index >= 15 is 0 Å². The highest BCUT2D eigenvalue weighted by Gasteiger charge is 2.41. The minimum atomic E-state index is -1.12. The van der Waals surface area contributed by atoms with Crippen LogP contribution in [0.15, 0.2) is 18.2 Å². The molecule has 0 aliphatic heterocycles. The lowest BCUT2D eigenvalue weighted by Gasteiger charge is -2.12. The second-order valence-electron chi connectivity index (χ2n) is 5.17. The molecule has 1 N–H and O–H groups in total. The van der Waals surface area contributed by atoms with Crippen molar-refractivity contribution in [3.05, 3.63) is 40.3 Å². The number of carboxylic acid groups (broad SMARTS) is 1. The van der Waals surface area contributed by atoms with E-state index in [4.69, 9.17) is 11.6 Å². The van der Waals surface area contributed by atoms with E-state index in [0.29, 0.717) is 5.69 Å². The largest absolute Gasteiger partial charge is 0.478 e. The summed E-state index contributed by atoms with van der Waals surface area (Å²) in [6, 6.07) is 4.08. The molecule has 0 atom stereocenters. The van der Waals surface area contributed by atoms with Gasteiger partial charge in [0.15, 0.2) is 0 Å². The number of fused-ring (bicyclic) bond motifs is 1. The van der Waals surface area contributed by atoms with Crippen LogP contribution in [0.4, 0.5) is 4.39 Å². The molecule has 1 aliphatic carbocycles. The number of aromatic carboxylic acids is 1. The molecule has 0 unspecified atom stereocenters. The molecule has 3 nitrogen and oxygen atoms in total. The summed E-state index contributed by atoms with van der Waals surface area (Å²) in [5, 5.41) is 9.67. The minimum absolute atomic E-state index is 0.0117. The third kappa shape index (κ3) is 1.87. The second kappa shape index (κ2) is 3.90. The Bertz CT molecular complexity index is 710. The van der Waals surface area contributed by atoms with Crippen molar-refractivity contribution in [2.45, 2.75) is 25.2 Å². The van der Waals surface area contributed by atoms with Gasteiger partial charge >= 0.3 is 5.97 Å². The number of aromatic nitrogens is 1. The maximum absolute atomic E-state index is 13.9. The number of nitrogens with zero attached hydrogens (tertiary/aromatic N) is 1. The molecule has 1 aliphatic rings. The van der Waals surface area contributed by atoms with Crippen LogP contribution in [-0.2, 0) is 5.41 Å². The van der Waals surface area contributed by atoms with Gasteiger partial charge in [0.25, 0.3) is 0 Å². The van der Waals surface area contributed by atoms with Gasteiger partial charge in [0.2, 0.25) is 0 Å². The van der Waals surface area contributed by atoms with E-state index in [-0.39, 0.29) is 26.9 Å². The lowest BCUT2D eigenvalue weighted by Crippen LogP contribution is -2.09. The van der Waals surface area contributed by atoms with Gasteiger partial charge in [0, 0.05) is 16.5 Å². The Morgan fingerprint density at radius 1 is 1.47 bits per heavy atom. The van der Waals surface area contributed by atoms with Crippen LogP contribution < -0.4 is 0 Å². The third-order valence-electron chi connectivity index (χ3n) is 3.71. The van der Waals surface area contributed by atoms with Crippen molar-refractivity contribution in [1.82, 2.24) is 4.98 Å². The molecular weight excluding hydrogens is 269 g/mol. The molecule has 1 fully saturated rings. The molecule has 0 bridgehead atoms. The molecule has 0 radical (unpaired) electrons. The van der Waals surface area contributed by atoms with Crippen molar-refractivity contribution in [1.29, 1.82) is 0 Å². The topological polar surface area (TPSA) is 50.2 Å². The molecule has 1 saturated carbocycles. The van der Waals surface area contributed by atoms with Crippen LogP contribution in [0.3, 0.4) is 0 Å². The van der Waals surface area contributed by atoms with Crippen molar-refractivity contribution in [2.24, 2.45) is 0 Å². The van der Waals surface area contributed by atoms with E-state index in [2.05, 4.69) is 4.98 Å². The number of halogens is 2. The van der Waals surface area contributed by atoms with Gasteiger partial charge in [0.05, 0.1) is 10.6 Å². The average molecular weight is 280 g/mol. The highest BCUT2D eigenvalue weighted by Crippen LogP contribution is 2.47. The van der Waals surface area contributed by atoms with E-state index in [1.807, 2.05) is 6.92 Å². The van der Waals surface area contributed by atoms with Crippen molar-refractivity contribution in [3.8, 4) is 0 Å². The van der Waals surface area contributed by atoms with Gasteiger partial charge < -0.3 is 5.11 Å². The normalized spacial score (nSPS) is 16.6. The summed E-state index contributed by atoms with van der Waals surface area (Å²) in [6.45, 7) is 2.00. The van der Waals surface area contributed by atoms with E-state index in [1.165, 1.54) is 18.2 Å². The molecule has 1 aromatic heterocycles. The quantitative estimate of drug-likeness (QED) is 0.910. The molecule has 0 amide bonds. The number of hydrogen-bond acceptors (Lipinski definition) is 2. The third-order valence-corrected chi connectivity index (χ3v) is 4.02. The van der Waals surface area contributed by atoms with Gasteiger partial charge in [-0.2, -0.15) is 0 Å². The second-order valence-corrected chi connectivity index (χ2v) is 5.58. The number of pyridine rings is 1. The number of rotatable bonds is 2. The number of hydrogen-bond donors (Lipinski definition) is 1. The smallest absolute Gasteiger partial charge is 0.336 e. The summed E-state index contributed by atoms with van der Waals surface area (Å²) >= 11 is 5.99. The van der Waals surface area contributed by atoms with E-state index in [1.54, 1.807) is 0 Å². The fraction of sp³-hybridized carbons (Fsp3) is 0.286. The highest BCUT2D eigenvalue weighted by molar-refractivity contribution is 6.36. The summed E-state index contributed by atoms with van der Waals surface area (Å²) < 4.78 is 13.9. The molecule has 1 heterocycles. The Balaban J connectivity index is 2.41. The van der Waals surface area contributed by atoms with Crippen LogP contribution >= 0.6 is 11.6 Å². The molecule has 0 saturated heterocycles. The summed E-state index contributed by atoms with van der Waals surface area (Å²) in [5.41, 5.74) is 0.541. The zero-order valence-electron chi connectivity index (χ0n) is 10.2. The average Bonchev–Trinajstić information content (AvgIpc) is 3.12. The molecule has 19 heavy (non-hydrogen) atoms. The number of carboxylic acids is 1. The number of benzene rings is 1. The first kappa shape index (κ1) is 12.4. The first-order valence-electron chi connectivity index (χ1n) is 5.95. The Morgan fingerprint density at radius 3 is 2.74 bits per heavy atom. The predicted octanol–water partition coefficient (Wildman–Crippen LogP) is 3.78. The maximum atomic E-state index is 13.9. The van der Waals surface area contributed by atoms with Crippen LogP contribution in [0.5, 0.6) is 0 Å². The molecule has 5 heteroatoms. The Kier molecular flexibility index (Phi) is 2.54. The van der Waals surface area contributed by atoms with Crippen LogP contribution in [0, 0.1) is 5.82 Å². The Labute approximate surface area is 114 Å². The molecule has 98 valence electrons. The molecule has 1 aromatic carbocycles. The summed E-state index contributed by atoms with van der Waals surface area (Å²) in [4.78, 5) is 15.7. The summed E-state index contributed by atoms with van der Waals surface area (Å²) in [5.74, 6) is -1.67. The minimum Gasteiger partial charge on any atom is -0.478 e. The van der Waals surface area contributed by atoms with E-state index in [9.17, 15) is 14.3 Å². The summed E-state index contributed by atoms with van der Waals surface area (Å²) in [6.07, 6.45) is 1.87. The van der Waals surface area contributed by atoms with Gasteiger partial charge in [0.1, 0.15) is 11.3 Å². The Morgan fingerprint density at radius 2 is 2.16 bits per heavy atom. The van der Waals surface area contributed by atoms with Crippen molar-refractivity contribution >= 4 is 28.5 Å². The van der Waals surface area contributed by atoms with Gasteiger partial charge in [-0.05, 0) is 31.0 Å². The van der Waals surface area contributed by atoms with Crippen LogP contribution in [0.2, 0.25) is 5.02 Å². The maximum Gasteiger partial charge on any atom is 0.336 e. The van der Waals surface area contributed by atoms with E-state index in [0.717, 1.165) is 12.8 Å². The zero-order valence-corrected chi connectivity index (χ0v) is 11.0. The molecule has 3 rings (SSSR count). The SMILES string of the molecule is CC1(c2cc(C(=O)O)c3c(Cl)ccc(F)c3n2)CC1. The molecule has 0 spiro atoms. The van der Waals surface area contributed by atoms with Gasteiger partial charge in [-0.1, -0.05) is 18.5 Å². The lowest BCUT2D eigenvalue weighted by molar-refractivity contribution is 0.0699. The first-order chi connectivity index (χ1) is 8.92. The fourth-order valence-corrected chi connectivity index (χ4v) is 2.44. The van der Waals surface area contributed by atoms with Gasteiger partial charge in [-0.3, -0.25) is 0 Å². The van der Waals surface area contributed by atoms with Crippen molar-refractivity contribution in [2.75, 3.05) is 0 Å². The van der Waals surface area contributed by atoms with Crippen LogP contribution in [0.25, 0.3) is 10.9 Å². The molecular formula is C14H11ClFNO2. The first-order valence-corrected chi connectivity index (χ1v) is 6.33. The Hall–Kier alpha value is -1.68. The number of carbonyl (C=O) groups is 1. The highest BCUT2D eigenvalue weighted by atomic mass is 35.5. The zero-order chi connectivity index (χ0) is 13.8. The van der Waals surface area contributed by atoms with Gasteiger partial charge in [-0.25, -0.2) is 14.2 Å². The lowest BCUT2D eigenvalue weighted by atomic mass is 9.99. The van der Waals surface area contributed by atoms with Crippen LogP contribution in [0.1, 0.15) is 35.8 Å². The summed E-state index contributed by atoms with van der Waals surface area (Å²) in [7, 11) is 0. The van der Waals surface area contributed by atoms with E-state index < -0.39 is 11.8 Å². The fourth-order valence-electron chi connectivity index (χ4n) is 2.19. The standard InChI is InChI=1S/C14H11ClFNO2/c1-14(4-5-14)10-6-7(13(18)19)11-8(15)2-3-9(16)12(11)17-10/h2-3,6H,4-5H2,1H3,(H,18,19). The predicted molar refractivity (Wildman–Crippen MR) is 70.3 cm³/mol. The van der Waals surface area contributed by atoms with Crippen molar-refractivity contribution in [3.63, 3.8) is 0 Å². The van der Waals surface area contributed by atoms with Crippen LogP contribution in [-0.4, -0.2) is 16.1 Å². The van der Waals surface area contributed by atoms with Crippen molar-refractivity contribution < 1.29 is 14.3 Å².